The van der Waals surface area contributed by atoms with Crippen LogP contribution in [0.3, 0.4) is 0 Å². The van der Waals surface area contributed by atoms with Gasteiger partial charge in [-0.25, -0.2) is 4.98 Å². The van der Waals surface area contributed by atoms with E-state index in [0.717, 1.165) is 18.0 Å². The Morgan fingerprint density at radius 1 is 1.23 bits per heavy atom. The van der Waals surface area contributed by atoms with Crippen molar-refractivity contribution < 1.29 is 4.74 Å². The summed E-state index contributed by atoms with van der Waals surface area (Å²) in [6.45, 7) is 6.16. The molecule has 1 saturated heterocycles. The summed E-state index contributed by atoms with van der Waals surface area (Å²) in [5.74, 6) is 0.586. The predicted molar refractivity (Wildman–Crippen MR) is 126 cm³/mol. The number of aromatic nitrogens is 1. The van der Waals surface area contributed by atoms with Gasteiger partial charge in [-0.2, -0.15) is 0 Å². The second-order valence-electron chi connectivity index (χ2n) is 8.75. The summed E-state index contributed by atoms with van der Waals surface area (Å²) >= 11 is 7.94. The minimum absolute atomic E-state index is 0.0284. The molecule has 31 heavy (non-hydrogen) atoms. The Hall–Kier alpha value is -1.63. The van der Waals surface area contributed by atoms with Crippen LogP contribution < -0.4 is 0 Å². The Balaban J connectivity index is 1.44. The molecule has 0 spiro atoms. The van der Waals surface area contributed by atoms with Gasteiger partial charge in [0.1, 0.15) is 0 Å². The number of halogens is 1. The monoisotopic (exact) mass is 459 g/mol. The topological polar surface area (TPSA) is 74.1 Å². The zero-order valence-electron chi connectivity index (χ0n) is 18.2. The van der Waals surface area contributed by atoms with Gasteiger partial charge in [-0.1, -0.05) is 28.8 Å². The molecule has 1 aliphatic heterocycles. The second kappa shape index (κ2) is 10.3. The van der Waals surface area contributed by atoms with Crippen molar-refractivity contribution in [1.82, 2.24) is 9.88 Å². The van der Waals surface area contributed by atoms with E-state index in [1.54, 1.807) is 0 Å². The first-order valence-corrected chi connectivity index (χ1v) is 12.3. The molecule has 2 fully saturated rings. The van der Waals surface area contributed by atoms with Crippen LogP contribution in [-0.4, -0.2) is 47.8 Å². The third-order valence-corrected chi connectivity index (χ3v) is 8.19. The molecular formula is C23H30ClN5OS. The number of thiazole rings is 1. The molecule has 1 aromatic heterocycles. The van der Waals surface area contributed by atoms with E-state index >= 15 is 0 Å². The Morgan fingerprint density at radius 3 is 2.61 bits per heavy atom. The fraction of sp³-hybridized carbons (Fsp3) is 0.609. The Labute approximate surface area is 193 Å². The molecule has 0 amide bonds. The maximum absolute atomic E-state index is 8.71. The summed E-state index contributed by atoms with van der Waals surface area (Å²) in [7, 11) is 0. The molecule has 2 aliphatic rings. The lowest BCUT2D eigenvalue weighted by Crippen LogP contribution is -2.56. The summed E-state index contributed by atoms with van der Waals surface area (Å²) in [4.78, 5) is 11.7. The van der Waals surface area contributed by atoms with E-state index in [2.05, 4.69) is 40.9 Å². The molecule has 0 N–H and O–H groups in total. The van der Waals surface area contributed by atoms with Gasteiger partial charge in [-0.15, -0.1) is 11.3 Å². The molecule has 0 radical (unpaired) electrons. The molecule has 1 saturated carbocycles. The largest absolute Gasteiger partial charge is 0.375 e. The van der Waals surface area contributed by atoms with Crippen molar-refractivity contribution in [3.8, 4) is 0 Å². The molecule has 2 atom stereocenters. The van der Waals surface area contributed by atoms with Crippen molar-refractivity contribution in [1.29, 1.82) is 0 Å². The summed E-state index contributed by atoms with van der Waals surface area (Å²) in [5, 5.41) is 5.84. The predicted octanol–water partition coefficient (Wildman–Crippen LogP) is 6.06. The summed E-state index contributed by atoms with van der Waals surface area (Å²) in [6, 6.07) is 8.99. The molecule has 1 aliphatic carbocycles. The highest BCUT2D eigenvalue weighted by atomic mass is 35.5. The van der Waals surface area contributed by atoms with Crippen molar-refractivity contribution in [2.75, 3.05) is 19.7 Å². The highest BCUT2D eigenvalue weighted by Gasteiger charge is 2.36. The Morgan fingerprint density at radius 2 is 1.97 bits per heavy atom. The maximum Gasteiger partial charge on any atom is 0.0961 e. The molecule has 0 unspecified atom stereocenters. The van der Waals surface area contributed by atoms with Crippen LogP contribution in [0.4, 0.5) is 0 Å². The minimum Gasteiger partial charge on any atom is -0.375 e. The third kappa shape index (κ3) is 5.60. The number of hydrogen-bond donors (Lipinski definition) is 0. The van der Waals surface area contributed by atoms with Crippen LogP contribution in [0.2, 0.25) is 5.02 Å². The van der Waals surface area contributed by atoms with Crippen LogP contribution in [0.1, 0.15) is 52.7 Å². The van der Waals surface area contributed by atoms with Crippen molar-refractivity contribution in [3.63, 3.8) is 0 Å². The van der Waals surface area contributed by atoms with Gasteiger partial charge in [0.05, 0.1) is 30.0 Å². The zero-order chi connectivity index (χ0) is 21.8. The van der Waals surface area contributed by atoms with Gasteiger partial charge in [0.25, 0.3) is 0 Å². The van der Waals surface area contributed by atoms with Gasteiger partial charge < -0.3 is 4.74 Å². The minimum atomic E-state index is -0.0284. The van der Waals surface area contributed by atoms with Crippen LogP contribution >= 0.6 is 22.9 Å². The van der Waals surface area contributed by atoms with E-state index in [9.17, 15) is 0 Å². The number of benzene rings is 1. The number of hydrogen-bond acceptors (Lipinski definition) is 5. The van der Waals surface area contributed by atoms with Crippen molar-refractivity contribution in [2.24, 2.45) is 5.11 Å². The number of rotatable bonds is 6. The van der Waals surface area contributed by atoms with Crippen LogP contribution in [0.15, 0.2) is 29.4 Å². The van der Waals surface area contributed by atoms with Gasteiger partial charge in [-0.3, -0.25) is 4.90 Å². The van der Waals surface area contributed by atoms with Gasteiger partial charge >= 0.3 is 0 Å². The lowest BCUT2D eigenvalue weighted by atomic mass is 9.84. The molecule has 1 aromatic carbocycles. The van der Waals surface area contributed by atoms with Gasteiger partial charge in [0.15, 0.2) is 0 Å². The highest BCUT2D eigenvalue weighted by molar-refractivity contribution is 7.11. The van der Waals surface area contributed by atoms with Crippen LogP contribution in [0.25, 0.3) is 10.4 Å². The van der Waals surface area contributed by atoms with Gasteiger partial charge in [-0.05, 0) is 69.2 Å². The molecule has 2 aromatic rings. The first kappa shape index (κ1) is 22.6. The fourth-order valence-corrected chi connectivity index (χ4v) is 6.08. The van der Waals surface area contributed by atoms with E-state index in [1.807, 2.05) is 23.5 Å². The number of morpholine rings is 1. The van der Waals surface area contributed by atoms with E-state index < -0.39 is 0 Å². The second-order valence-corrected chi connectivity index (χ2v) is 10.4. The number of azide groups is 1. The zero-order valence-corrected chi connectivity index (χ0v) is 19.8. The van der Waals surface area contributed by atoms with Crippen molar-refractivity contribution >= 4 is 22.9 Å². The van der Waals surface area contributed by atoms with E-state index in [0.29, 0.717) is 31.2 Å². The maximum atomic E-state index is 8.71. The van der Waals surface area contributed by atoms with Crippen LogP contribution in [0, 0.1) is 13.8 Å². The smallest absolute Gasteiger partial charge is 0.0961 e. The van der Waals surface area contributed by atoms with E-state index in [1.165, 1.54) is 46.8 Å². The molecular weight excluding hydrogens is 430 g/mol. The van der Waals surface area contributed by atoms with Gasteiger partial charge in [0.2, 0.25) is 0 Å². The number of aryl methyl sites for hydroxylation is 2. The van der Waals surface area contributed by atoms with E-state index in [-0.39, 0.29) is 6.10 Å². The SMILES string of the molecule is Cc1nc(C2CCC(N3C[C@H](CN=[N+]=[N-])OC[C@@H]3Cc3ccc(Cl)cc3)CC2)sc1C. The normalized spacial score (nSPS) is 27.1. The fourth-order valence-electron chi connectivity index (χ4n) is 4.86. The van der Waals surface area contributed by atoms with E-state index in [4.69, 9.17) is 26.9 Å². The average molecular weight is 460 g/mol. The molecule has 2 heterocycles. The summed E-state index contributed by atoms with van der Waals surface area (Å²) < 4.78 is 6.08. The molecule has 6 nitrogen and oxygen atoms in total. The quantitative estimate of drug-likeness (QED) is 0.299. The van der Waals surface area contributed by atoms with Crippen molar-refractivity contribution in [2.45, 2.75) is 70.1 Å². The standard InChI is InChI=1S/C23H30ClN5OS/c1-15-16(2)31-23(27-15)18-5-9-20(10-6-18)29-13-22(12-26-28-25)30-14-21(29)11-17-3-7-19(24)8-4-17/h3-4,7-8,18,20-22H,5-6,9-14H2,1-2H3/t18?,20?,21-,22-/m0/s1. The first-order chi connectivity index (χ1) is 15.0. The van der Waals surface area contributed by atoms with Crippen LogP contribution in [-0.2, 0) is 11.2 Å². The van der Waals surface area contributed by atoms with Crippen molar-refractivity contribution in [3.05, 3.63) is 60.9 Å². The highest BCUT2D eigenvalue weighted by Crippen LogP contribution is 2.38. The molecule has 4 rings (SSSR count). The number of nitrogens with zero attached hydrogens (tertiary/aromatic N) is 5. The molecule has 8 heteroatoms. The Bertz CT molecular complexity index is 899. The lowest BCUT2D eigenvalue weighted by molar-refractivity contribution is -0.0802. The molecule has 166 valence electrons. The van der Waals surface area contributed by atoms with Gasteiger partial charge in [0, 0.05) is 39.4 Å². The van der Waals surface area contributed by atoms with Crippen LogP contribution in [0.5, 0.6) is 0 Å². The first-order valence-electron chi connectivity index (χ1n) is 11.1. The summed E-state index contributed by atoms with van der Waals surface area (Å²) in [5.41, 5.74) is 11.2. The number of ether oxygens (including phenoxy) is 1. The summed E-state index contributed by atoms with van der Waals surface area (Å²) in [6.07, 6.45) is 5.63. The third-order valence-electron chi connectivity index (χ3n) is 6.70. The Kier molecular flexibility index (Phi) is 7.51. The average Bonchev–Trinajstić information content (AvgIpc) is 3.13. The lowest BCUT2D eigenvalue weighted by Gasteiger charge is -2.46. The molecule has 0 bridgehead atoms.